The van der Waals surface area contributed by atoms with Gasteiger partial charge < -0.3 is 19.9 Å². The summed E-state index contributed by atoms with van der Waals surface area (Å²) in [6, 6.07) is 15.8. The van der Waals surface area contributed by atoms with E-state index in [4.69, 9.17) is 9.47 Å². The lowest BCUT2D eigenvalue weighted by Crippen LogP contribution is -2.32. The van der Waals surface area contributed by atoms with Crippen molar-refractivity contribution in [3.05, 3.63) is 59.7 Å². The van der Waals surface area contributed by atoms with Crippen LogP contribution >= 0.6 is 0 Å². The van der Waals surface area contributed by atoms with Crippen LogP contribution in [0.3, 0.4) is 0 Å². The maximum absolute atomic E-state index is 10.4. The molecule has 124 valence electrons. The second-order valence-corrected chi connectivity index (χ2v) is 5.58. The molecule has 0 amide bonds. The van der Waals surface area contributed by atoms with Crippen molar-refractivity contribution in [2.24, 2.45) is 0 Å². The quantitative estimate of drug-likeness (QED) is 0.786. The molecule has 2 atom stereocenters. The first-order valence-electron chi connectivity index (χ1n) is 7.82. The molecule has 0 aliphatic heterocycles. The summed E-state index contributed by atoms with van der Waals surface area (Å²) in [5.41, 5.74) is 1.95. The molecule has 2 N–H and O–H groups in total. The second kappa shape index (κ2) is 8.56. The minimum absolute atomic E-state index is 0.218. The minimum atomic E-state index is -0.605. The molecule has 23 heavy (non-hydrogen) atoms. The summed E-state index contributed by atoms with van der Waals surface area (Å²) in [7, 11) is 3.30. The van der Waals surface area contributed by atoms with Crippen molar-refractivity contribution in [3.8, 4) is 11.5 Å². The Morgan fingerprint density at radius 1 is 0.957 bits per heavy atom. The number of aliphatic hydroxyl groups excluding tert-OH is 1. The Kier molecular flexibility index (Phi) is 6.44. The first-order valence-corrected chi connectivity index (χ1v) is 7.82. The van der Waals surface area contributed by atoms with E-state index in [1.54, 1.807) is 14.2 Å². The summed E-state index contributed by atoms with van der Waals surface area (Å²) in [6.07, 6.45) is 0.231. The van der Waals surface area contributed by atoms with Crippen LogP contribution in [0, 0.1) is 0 Å². The van der Waals surface area contributed by atoms with E-state index in [9.17, 15) is 5.11 Å². The average Bonchev–Trinajstić information content (AvgIpc) is 2.60. The second-order valence-electron chi connectivity index (χ2n) is 5.58. The fourth-order valence-electron chi connectivity index (χ4n) is 2.64. The number of nitrogens with one attached hydrogen (secondary N) is 1. The Labute approximate surface area is 138 Å². The molecule has 4 heteroatoms. The molecule has 0 saturated carbocycles. The van der Waals surface area contributed by atoms with Crippen LogP contribution in [0.4, 0.5) is 0 Å². The van der Waals surface area contributed by atoms with E-state index >= 15 is 0 Å². The summed E-state index contributed by atoms with van der Waals surface area (Å²) < 4.78 is 10.7. The molecule has 0 aliphatic rings. The normalized spacial score (nSPS) is 13.4. The molecule has 0 aromatic heterocycles. The highest BCUT2D eigenvalue weighted by atomic mass is 16.5. The molecule has 0 unspecified atom stereocenters. The number of hydrogen-bond donors (Lipinski definition) is 2. The van der Waals surface area contributed by atoms with E-state index in [0.717, 1.165) is 23.3 Å². The first-order chi connectivity index (χ1) is 11.2. The highest BCUT2D eigenvalue weighted by Crippen LogP contribution is 2.24. The standard InChI is InChI=1S/C19H25NO3/c1-14(12-15-8-4-6-10-18(15)22-2)20-13-17(21)16-9-5-7-11-19(16)23-3/h4-11,14,17,20-21H,12-13H2,1-3H3/t14-,17+/m1/s1. The fourth-order valence-corrected chi connectivity index (χ4v) is 2.64. The van der Waals surface area contributed by atoms with E-state index < -0.39 is 6.10 Å². The van der Waals surface area contributed by atoms with Crippen LogP contribution in [0.15, 0.2) is 48.5 Å². The zero-order valence-corrected chi connectivity index (χ0v) is 14.0. The molecule has 0 fully saturated rings. The van der Waals surface area contributed by atoms with Crippen molar-refractivity contribution in [1.82, 2.24) is 5.32 Å². The summed E-state index contributed by atoms with van der Waals surface area (Å²) in [4.78, 5) is 0. The van der Waals surface area contributed by atoms with Crippen molar-refractivity contribution in [2.45, 2.75) is 25.5 Å². The Hall–Kier alpha value is -2.04. The van der Waals surface area contributed by atoms with Gasteiger partial charge in [-0.3, -0.25) is 0 Å². The van der Waals surface area contributed by atoms with E-state index in [-0.39, 0.29) is 6.04 Å². The van der Waals surface area contributed by atoms with Gasteiger partial charge in [0.2, 0.25) is 0 Å². The molecule has 0 radical (unpaired) electrons. The van der Waals surface area contributed by atoms with Crippen LogP contribution in [0.2, 0.25) is 0 Å². The predicted molar refractivity (Wildman–Crippen MR) is 92.1 cm³/mol. The third-order valence-corrected chi connectivity index (χ3v) is 3.88. The van der Waals surface area contributed by atoms with Gasteiger partial charge in [-0.1, -0.05) is 36.4 Å². The SMILES string of the molecule is COc1ccccc1C[C@@H](C)NC[C@H](O)c1ccccc1OC. The third kappa shape index (κ3) is 4.71. The van der Waals surface area contributed by atoms with Gasteiger partial charge in [0.15, 0.2) is 0 Å². The zero-order chi connectivity index (χ0) is 16.7. The number of rotatable bonds is 8. The van der Waals surface area contributed by atoms with Crippen molar-refractivity contribution in [2.75, 3.05) is 20.8 Å². The van der Waals surface area contributed by atoms with Crippen molar-refractivity contribution in [1.29, 1.82) is 0 Å². The zero-order valence-electron chi connectivity index (χ0n) is 14.0. The number of ether oxygens (including phenoxy) is 2. The maximum atomic E-state index is 10.4. The van der Waals surface area contributed by atoms with Gasteiger partial charge in [0, 0.05) is 18.2 Å². The molecule has 2 rings (SSSR count). The summed E-state index contributed by atoms with van der Waals surface area (Å²) >= 11 is 0. The van der Waals surface area contributed by atoms with E-state index in [2.05, 4.69) is 18.3 Å². The van der Waals surface area contributed by atoms with Crippen LogP contribution < -0.4 is 14.8 Å². The molecule has 0 aliphatic carbocycles. The Morgan fingerprint density at radius 2 is 1.57 bits per heavy atom. The van der Waals surface area contributed by atoms with Gasteiger partial charge >= 0.3 is 0 Å². The third-order valence-electron chi connectivity index (χ3n) is 3.88. The molecule has 2 aromatic rings. The average molecular weight is 315 g/mol. The predicted octanol–water partition coefficient (Wildman–Crippen LogP) is 2.96. The van der Waals surface area contributed by atoms with E-state index in [1.165, 1.54) is 0 Å². The summed E-state index contributed by atoms with van der Waals surface area (Å²) in [5.74, 6) is 1.60. The maximum Gasteiger partial charge on any atom is 0.124 e. The molecule has 0 spiro atoms. The lowest BCUT2D eigenvalue weighted by molar-refractivity contribution is 0.166. The van der Waals surface area contributed by atoms with Gasteiger partial charge in [0.1, 0.15) is 11.5 Å². The van der Waals surface area contributed by atoms with Crippen molar-refractivity contribution < 1.29 is 14.6 Å². The fraction of sp³-hybridized carbons (Fsp3) is 0.368. The van der Waals surface area contributed by atoms with Gasteiger partial charge in [0.25, 0.3) is 0 Å². The topological polar surface area (TPSA) is 50.7 Å². The number of benzene rings is 2. The van der Waals surface area contributed by atoms with E-state index in [1.807, 2.05) is 42.5 Å². The van der Waals surface area contributed by atoms with Gasteiger partial charge in [-0.2, -0.15) is 0 Å². The van der Waals surface area contributed by atoms with Crippen LogP contribution in [0.5, 0.6) is 11.5 Å². The largest absolute Gasteiger partial charge is 0.496 e. The highest BCUT2D eigenvalue weighted by molar-refractivity contribution is 5.35. The van der Waals surface area contributed by atoms with E-state index in [0.29, 0.717) is 12.3 Å². The van der Waals surface area contributed by atoms with Crippen LogP contribution in [0.25, 0.3) is 0 Å². The molecule has 0 heterocycles. The Balaban J connectivity index is 1.92. The summed E-state index contributed by atoms with van der Waals surface area (Å²) in [6.45, 7) is 2.57. The number of methoxy groups -OCH3 is 2. The van der Waals surface area contributed by atoms with Crippen molar-refractivity contribution >= 4 is 0 Å². The van der Waals surface area contributed by atoms with Crippen LogP contribution in [-0.2, 0) is 6.42 Å². The van der Waals surface area contributed by atoms with Gasteiger partial charge in [0.05, 0.1) is 20.3 Å². The molecular formula is C19H25NO3. The first kappa shape index (κ1) is 17.3. The monoisotopic (exact) mass is 315 g/mol. The smallest absolute Gasteiger partial charge is 0.124 e. The highest BCUT2D eigenvalue weighted by Gasteiger charge is 2.14. The number of aliphatic hydroxyl groups is 1. The number of para-hydroxylation sites is 2. The summed E-state index contributed by atoms with van der Waals surface area (Å²) in [5, 5.41) is 13.8. The molecule has 0 bridgehead atoms. The van der Waals surface area contributed by atoms with Gasteiger partial charge in [-0.15, -0.1) is 0 Å². The lowest BCUT2D eigenvalue weighted by Gasteiger charge is -2.19. The minimum Gasteiger partial charge on any atom is -0.496 e. The molecule has 2 aromatic carbocycles. The Bertz CT molecular complexity index is 615. The molecular weight excluding hydrogens is 290 g/mol. The van der Waals surface area contributed by atoms with Crippen LogP contribution in [0.1, 0.15) is 24.2 Å². The molecule has 0 saturated heterocycles. The number of hydrogen-bond acceptors (Lipinski definition) is 4. The van der Waals surface area contributed by atoms with Crippen molar-refractivity contribution in [3.63, 3.8) is 0 Å². The van der Waals surface area contributed by atoms with Gasteiger partial charge in [-0.25, -0.2) is 0 Å². The Morgan fingerprint density at radius 3 is 2.26 bits per heavy atom. The van der Waals surface area contributed by atoms with Crippen LogP contribution in [-0.4, -0.2) is 31.9 Å². The van der Waals surface area contributed by atoms with Gasteiger partial charge in [-0.05, 0) is 31.0 Å². The molecule has 4 nitrogen and oxygen atoms in total. The lowest BCUT2D eigenvalue weighted by atomic mass is 10.0.